The fourth-order valence-electron chi connectivity index (χ4n) is 4.38. The minimum absolute atomic E-state index is 0.0897. The van der Waals surface area contributed by atoms with E-state index in [0.29, 0.717) is 0 Å². The molecular formula is C25H36O3P2. The molecule has 2 atom stereocenters. The van der Waals surface area contributed by atoms with Crippen LogP contribution in [-0.4, -0.2) is 21.1 Å². The molecule has 2 aromatic rings. The molecule has 164 valence electrons. The second-order valence-electron chi connectivity index (χ2n) is 11.0. The molecule has 0 radical (unpaired) electrons. The number of hydrogen-bond acceptors (Lipinski definition) is 3. The molecule has 1 aliphatic heterocycles. The van der Waals surface area contributed by atoms with Crippen molar-refractivity contribution in [3.05, 3.63) is 48.5 Å². The summed E-state index contributed by atoms with van der Waals surface area (Å²) in [5.41, 5.74) is -0.331. The van der Waals surface area contributed by atoms with E-state index in [2.05, 4.69) is 62.3 Å². The van der Waals surface area contributed by atoms with E-state index in [0.717, 1.165) is 22.6 Å². The van der Waals surface area contributed by atoms with Gasteiger partial charge in [-0.3, -0.25) is 0 Å². The molecule has 30 heavy (non-hydrogen) atoms. The lowest BCUT2D eigenvalue weighted by molar-refractivity contribution is 0.340. The van der Waals surface area contributed by atoms with Gasteiger partial charge in [0, 0.05) is 10.3 Å². The quantitative estimate of drug-likeness (QED) is 0.448. The third-order valence-electron chi connectivity index (χ3n) is 5.65. The maximum Gasteiger partial charge on any atom is 0.174 e. The number of ether oxygens (including phenoxy) is 2. The Morgan fingerprint density at radius 1 is 0.833 bits per heavy atom. The summed E-state index contributed by atoms with van der Waals surface area (Å²) in [6.07, 6.45) is 0. The predicted molar refractivity (Wildman–Crippen MR) is 131 cm³/mol. The topological polar surface area (TPSA) is 35.5 Å². The minimum Gasteiger partial charge on any atom is -0.477 e. The highest BCUT2D eigenvalue weighted by Crippen LogP contribution is 2.80. The van der Waals surface area contributed by atoms with Crippen LogP contribution in [0.1, 0.15) is 62.3 Å². The Balaban J connectivity index is 2.19. The SMILES string of the molecule is CC(C)(C)[P@@]1c2c(Oc3ccccc3)cccc2O[C@H]1P(=O)(C(C)(C)C)C(C)(C)C. The molecule has 0 saturated heterocycles. The first-order valence-electron chi connectivity index (χ1n) is 10.6. The summed E-state index contributed by atoms with van der Waals surface area (Å²) < 4.78 is 27.9. The zero-order valence-electron chi connectivity index (χ0n) is 19.8. The van der Waals surface area contributed by atoms with Gasteiger partial charge in [-0.15, -0.1) is 0 Å². The average molecular weight is 447 g/mol. The standard InChI is InChI=1S/C25H36O3P2/c1-23(2,3)29-21-19(27-18-14-11-10-12-15-18)16-13-17-20(21)28-22(29)30(26,24(4,5)6)25(7,8)9/h10-17,22H,1-9H3/t22-,29+/m1/s1. The highest BCUT2D eigenvalue weighted by atomic mass is 31.2. The Bertz CT molecular complexity index is 929. The molecule has 0 spiro atoms. The van der Waals surface area contributed by atoms with Crippen molar-refractivity contribution in [2.75, 3.05) is 0 Å². The van der Waals surface area contributed by atoms with Gasteiger partial charge >= 0.3 is 0 Å². The van der Waals surface area contributed by atoms with Crippen LogP contribution in [0.15, 0.2) is 48.5 Å². The van der Waals surface area contributed by atoms with Gasteiger partial charge in [0.25, 0.3) is 0 Å². The molecule has 0 aliphatic carbocycles. The molecular weight excluding hydrogens is 410 g/mol. The molecule has 1 aliphatic rings. The zero-order chi connectivity index (χ0) is 22.5. The average Bonchev–Trinajstić information content (AvgIpc) is 3.01. The van der Waals surface area contributed by atoms with Crippen LogP contribution < -0.4 is 14.8 Å². The minimum atomic E-state index is -2.82. The van der Waals surface area contributed by atoms with E-state index in [-0.39, 0.29) is 21.1 Å². The van der Waals surface area contributed by atoms with Crippen LogP contribution >= 0.6 is 15.1 Å². The van der Waals surface area contributed by atoms with E-state index < -0.39 is 15.1 Å². The summed E-state index contributed by atoms with van der Waals surface area (Å²) >= 11 is 0. The van der Waals surface area contributed by atoms with Crippen LogP contribution in [-0.2, 0) is 4.57 Å². The number of hydrogen-bond donors (Lipinski definition) is 0. The maximum absolute atomic E-state index is 14.9. The van der Waals surface area contributed by atoms with Crippen molar-refractivity contribution in [2.24, 2.45) is 0 Å². The van der Waals surface area contributed by atoms with Crippen molar-refractivity contribution in [3.63, 3.8) is 0 Å². The first-order valence-corrected chi connectivity index (χ1v) is 13.8. The molecule has 0 unspecified atom stereocenters. The summed E-state index contributed by atoms with van der Waals surface area (Å²) in [6, 6.07) is 15.8. The number of rotatable bonds is 3. The third kappa shape index (κ3) is 3.96. The van der Waals surface area contributed by atoms with E-state index in [1.54, 1.807) is 0 Å². The number of benzene rings is 2. The summed E-state index contributed by atoms with van der Waals surface area (Å²) in [4.78, 5) is 0. The molecule has 0 N–H and O–H groups in total. The van der Waals surface area contributed by atoms with Gasteiger partial charge in [0.05, 0.1) is 5.30 Å². The van der Waals surface area contributed by atoms with Crippen molar-refractivity contribution in [1.29, 1.82) is 0 Å². The molecule has 0 aromatic heterocycles. The molecule has 0 amide bonds. The smallest absolute Gasteiger partial charge is 0.174 e. The summed E-state index contributed by atoms with van der Waals surface area (Å²) in [5.74, 6) is 2.44. The Kier molecular flexibility index (Phi) is 5.98. The largest absolute Gasteiger partial charge is 0.477 e. The maximum atomic E-state index is 14.9. The monoisotopic (exact) mass is 446 g/mol. The van der Waals surface area contributed by atoms with Gasteiger partial charge in [-0.25, -0.2) is 0 Å². The molecule has 0 bridgehead atoms. The van der Waals surface area contributed by atoms with Crippen molar-refractivity contribution in [1.82, 2.24) is 0 Å². The summed E-state index contributed by atoms with van der Waals surface area (Å²) in [7, 11) is -3.73. The van der Waals surface area contributed by atoms with E-state index in [1.165, 1.54) is 0 Å². The molecule has 3 nitrogen and oxygen atoms in total. The second kappa shape index (κ2) is 7.68. The van der Waals surface area contributed by atoms with Crippen LogP contribution in [0.5, 0.6) is 17.2 Å². The van der Waals surface area contributed by atoms with Gasteiger partial charge < -0.3 is 14.0 Å². The van der Waals surface area contributed by atoms with Crippen molar-refractivity contribution in [2.45, 2.75) is 83.4 Å². The van der Waals surface area contributed by atoms with Crippen LogP contribution in [0.3, 0.4) is 0 Å². The Hall–Kier alpha value is -1.30. The Labute approximate surface area is 183 Å². The van der Waals surface area contributed by atoms with Gasteiger partial charge in [0.2, 0.25) is 0 Å². The highest BCUT2D eigenvalue weighted by molar-refractivity contribution is 7.84. The molecule has 5 heteroatoms. The van der Waals surface area contributed by atoms with Crippen molar-refractivity contribution in [3.8, 4) is 17.2 Å². The van der Waals surface area contributed by atoms with Gasteiger partial charge in [-0.1, -0.05) is 86.6 Å². The van der Waals surface area contributed by atoms with E-state index in [9.17, 15) is 4.57 Å². The second-order valence-corrected chi connectivity index (χ2v) is 18.9. The lowest BCUT2D eigenvalue weighted by Gasteiger charge is -2.47. The van der Waals surface area contributed by atoms with E-state index >= 15 is 0 Å². The van der Waals surface area contributed by atoms with Crippen LogP contribution in [0.25, 0.3) is 0 Å². The van der Waals surface area contributed by atoms with Crippen LogP contribution in [0.4, 0.5) is 0 Å². The van der Waals surface area contributed by atoms with Gasteiger partial charge in [-0.05, 0) is 37.3 Å². The van der Waals surface area contributed by atoms with Crippen molar-refractivity contribution >= 4 is 20.4 Å². The molecule has 1 heterocycles. The number of fused-ring (bicyclic) bond motifs is 1. The highest BCUT2D eigenvalue weighted by Gasteiger charge is 2.60. The van der Waals surface area contributed by atoms with Gasteiger partial charge in [0.15, 0.2) is 5.59 Å². The third-order valence-corrected chi connectivity index (χ3v) is 15.0. The summed E-state index contributed by atoms with van der Waals surface area (Å²) in [6.45, 7) is 19.3. The van der Waals surface area contributed by atoms with Crippen LogP contribution in [0.2, 0.25) is 0 Å². The molecule has 0 fully saturated rings. The first kappa shape index (κ1) is 23.4. The van der Waals surface area contributed by atoms with Crippen LogP contribution in [0, 0.1) is 0 Å². The Morgan fingerprint density at radius 3 is 1.90 bits per heavy atom. The fourth-order valence-corrected chi connectivity index (χ4v) is 15.2. The van der Waals surface area contributed by atoms with Gasteiger partial charge in [-0.2, -0.15) is 0 Å². The van der Waals surface area contributed by atoms with Gasteiger partial charge in [0.1, 0.15) is 24.4 Å². The Morgan fingerprint density at radius 2 is 1.40 bits per heavy atom. The normalized spacial score (nSPS) is 19.9. The summed E-state index contributed by atoms with van der Waals surface area (Å²) in [5, 5.41) is 0.268. The lowest BCUT2D eigenvalue weighted by Crippen LogP contribution is -2.38. The zero-order valence-corrected chi connectivity index (χ0v) is 21.6. The lowest BCUT2D eigenvalue weighted by atomic mass is 10.2. The first-order chi connectivity index (χ1) is 13.7. The molecule has 3 rings (SSSR count). The number of para-hydroxylation sites is 1. The molecule has 0 saturated carbocycles. The fraction of sp³-hybridized carbons (Fsp3) is 0.520. The van der Waals surface area contributed by atoms with E-state index in [1.807, 2.05) is 48.5 Å². The van der Waals surface area contributed by atoms with E-state index in [4.69, 9.17) is 9.47 Å². The predicted octanol–water partition coefficient (Wildman–Crippen LogP) is 8.02. The molecule has 2 aromatic carbocycles. The van der Waals surface area contributed by atoms with Crippen molar-refractivity contribution < 1.29 is 14.0 Å².